The highest BCUT2D eigenvalue weighted by Gasteiger charge is 1.99. The Kier molecular flexibility index (Phi) is 2.85. The monoisotopic (exact) mass is 205 g/mol. The van der Waals surface area contributed by atoms with E-state index >= 15 is 0 Å². The van der Waals surface area contributed by atoms with Crippen LogP contribution in [-0.4, -0.2) is 4.98 Å². The van der Waals surface area contributed by atoms with E-state index in [0.29, 0.717) is 18.2 Å². The fourth-order valence-electron chi connectivity index (χ4n) is 1.13. The van der Waals surface area contributed by atoms with E-state index in [0.717, 1.165) is 5.76 Å². The van der Waals surface area contributed by atoms with Gasteiger partial charge in [0.2, 0.25) is 0 Å². The van der Waals surface area contributed by atoms with E-state index < -0.39 is 0 Å². The average molecular weight is 205 g/mol. The molecule has 2 aromatic rings. The predicted octanol–water partition coefficient (Wildman–Crippen LogP) is 1.54. The van der Waals surface area contributed by atoms with Gasteiger partial charge in [-0.3, -0.25) is 0 Å². The summed E-state index contributed by atoms with van der Waals surface area (Å²) in [6.07, 6.45) is 3.23. The second-order valence-corrected chi connectivity index (χ2v) is 2.89. The predicted molar refractivity (Wildman–Crippen MR) is 55.1 cm³/mol. The van der Waals surface area contributed by atoms with Crippen LogP contribution in [-0.2, 0) is 6.61 Å². The molecule has 2 heterocycles. The van der Waals surface area contributed by atoms with Gasteiger partial charge >= 0.3 is 0 Å². The zero-order chi connectivity index (χ0) is 10.5. The van der Waals surface area contributed by atoms with E-state index in [1.807, 2.05) is 12.1 Å². The van der Waals surface area contributed by atoms with E-state index in [2.05, 4.69) is 10.4 Å². The van der Waals surface area contributed by atoms with E-state index in [-0.39, 0.29) is 0 Å². The van der Waals surface area contributed by atoms with Crippen molar-refractivity contribution in [2.75, 3.05) is 5.43 Å². The van der Waals surface area contributed by atoms with Crippen LogP contribution in [0.25, 0.3) is 0 Å². The summed E-state index contributed by atoms with van der Waals surface area (Å²) >= 11 is 0. The van der Waals surface area contributed by atoms with Crippen LogP contribution in [0.4, 0.5) is 5.82 Å². The fraction of sp³-hybridized carbons (Fsp3) is 0.100. The number of furan rings is 1. The quantitative estimate of drug-likeness (QED) is 0.585. The molecule has 2 aromatic heterocycles. The first-order valence-electron chi connectivity index (χ1n) is 4.46. The largest absolute Gasteiger partial charge is 0.485 e. The van der Waals surface area contributed by atoms with Crippen LogP contribution < -0.4 is 16.0 Å². The third-order valence-corrected chi connectivity index (χ3v) is 1.84. The molecule has 0 aliphatic carbocycles. The van der Waals surface area contributed by atoms with Crippen LogP contribution in [0.5, 0.6) is 5.75 Å². The Hall–Kier alpha value is -2.01. The van der Waals surface area contributed by atoms with Crippen molar-refractivity contribution >= 4 is 5.82 Å². The zero-order valence-corrected chi connectivity index (χ0v) is 8.01. The third kappa shape index (κ3) is 2.47. The molecule has 0 atom stereocenters. The maximum Gasteiger partial charge on any atom is 0.146 e. The number of pyridine rings is 1. The molecular weight excluding hydrogens is 194 g/mol. The molecule has 5 nitrogen and oxygen atoms in total. The second-order valence-electron chi connectivity index (χ2n) is 2.89. The summed E-state index contributed by atoms with van der Waals surface area (Å²) in [7, 11) is 0. The number of hydrogen-bond donors (Lipinski definition) is 2. The van der Waals surface area contributed by atoms with Crippen LogP contribution in [0.3, 0.4) is 0 Å². The lowest BCUT2D eigenvalue weighted by Gasteiger charge is -2.05. The van der Waals surface area contributed by atoms with E-state index in [1.165, 1.54) is 0 Å². The molecule has 0 radical (unpaired) electrons. The summed E-state index contributed by atoms with van der Waals surface area (Å²) in [4.78, 5) is 3.96. The molecule has 0 aliphatic heterocycles. The van der Waals surface area contributed by atoms with Crippen molar-refractivity contribution < 1.29 is 9.15 Å². The number of aromatic nitrogens is 1. The van der Waals surface area contributed by atoms with Crippen LogP contribution in [0.1, 0.15) is 5.76 Å². The standard InChI is InChI=1S/C10H11N3O2/c11-13-10-6-8(3-4-12-10)15-7-9-2-1-5-14-9/h1-6H,7,11H2,(H,12,13). The van der Waals surface area contributed by atoms with Gasteiger partial charge in [-0.15, -0.1) is 0 Å². The molecule has 0 fully saturated rings. The van der Waals surface area contributed by atoms with Crippen molar-refractivity contribution in [3.63, 3.8) is 0 Å². The second kappa shape index (κ2) is 4.47. The lowest BCUT2D eigenvalue weighted by Crippen LogP contribution is -2.08. The molecule has 0 unspecified atom stereocenters. The molecular formula is C10H11N3O2. The minimum atomic E-state index is 0.390. The number of nitrogen functional groups attached to an aromatic ring is 1. The maximum atomic E-state index is 5.46. The summed E-state index contributed by atoms with van der Waals surface area (Å²) < 4.78 is 10.6. The molecule has 0 amide bonds. The number of nitrogens with one attached hydrogen (secondary N) is 1. The Balaban J connectivity index is 1.98. The van der Waals surface area contributed by atoms with Crippen molar-refractivity contribution in [1.82, 2.24) is 4.98 Å². The Labute approximate surface area is 86.8 Å². The van der Waals surface area contributed by atoms with Crippen molar-refractivity contribution in [3.05, 3.63) is 42.5 Å². The summed E-state index contributed by atoms with van der Waals surface area (Å²) in [6.45, 7) is 0.390. The minimum absolute atomic E-state index is 0.390. The molecule has 5 heteroatoms. The SMILES string of the molecule is NNc1cc(OCc2ccco2)ccn1. The molecule has 0 aliphatic rings. The van der Waals surface area contributed by atoms with Gasteiger partial charge in [-0.1, -0.05) is 0 Å². The van der Waals surface area contributed by atoms with E-state index in [1.54, 1.807) is 24.6 Å². The van der Waals surface area contributed by atoms with Gasteiger partial charge in [0.05, 0.1) is 6.26 Å². The van der Waals surface area contributed by atoms with Crippen molar-refractivity contribution in [2.45, 2.75) is 6.61 Å². The summed E-state index contributed by atoms with van der Waals surface area (Å²) in [5.74, 6) is 7.25. The molecule has 2 rings (SSSR count). The highest BCUT2D eigenvalue weighted by Crippen LogP contribution is 2.15. The number of hydrazine groups is 1. The van der Waals surface area contributed by atoms with Crippen LogP contribution in [0.2, 0.25) is 0 Å². The highest BCUT2D eigenvalue weighted by molar-refractivity contribution is 5.39. The van der Waals surface area contributed by atoms with Gasteiger partial charge in [-0.05, 0) is 18.2 Å². The van der Waals surface area contributed by atoms with Crippen molar-refractivity contribution in [3.8, 4) is 5.75 Å². The first-order valence-corrected chi connectivity index (χ1v) is 4.46. The normalized spacial score (nSPS) is 9.93. The number of hydrogen-bond acceptors (Lipinski definition) is 5. The highest BCUT2D eigenvalue weighted by atomic mass is 16.5. The molecule has 0 aromatic carbocycles. The molecule has 0 saturated heterocycles. The first-order chi connectivity index (χ1) is 7.38. The molecule has 0 spiro atoms. The van der Waals surface area contributed by atoms with E-state index in [4.69, 9.17) is 15.0 Å². The number of nitrogens with two attached hydrogens (primary N) is 1. The lowest BCUT2D eigenvalue weighted by atomic mass is 10.4. The topological polar surface area (TPSA) is 73.3 Å². The number of ether oxygens (including phenoxy) is 1. The van der Waals surface area contributed by atoms with Crippen LogP contribution in [0.15, 0.2) is 41.1 Å². The van der Waals surface area contributed by atoms with Gasteiger partial charge in [0, 0.05) is 12.3 Å². The Bertz CT molecular complexity index is 414. The third-order valence-electron chi connectivity index (χ3n) is 1.84. The molecule has 15 heavy (non-hydrogen) atoms. The van der Waals surface area contributed by atoms with Gasteiger partial charge in [0.15, 0.2) is 0 Å². The summed E-state index contributed by atoms with van der Waals surface area (Å²) in [5, 5.41) is 0. The molecule has 0 bridgehead atoms. The van der Waals surface area contributed by atoms with Gasteiger partial charge in [0.25, 0.3) is 0 Å². The average Bonchev–Trinajstić information content (AvgIpc) is 2.79. The smallest absolute Gasteiger partial charge is 0.146 e. The van der Waals surface area contributed by atoms with Crippen LogP contribution >= 0.6 is 0 Å². The zero-order valence-electron chi connectivity index (χ0n) is 8.01. The maximum absolute atomic E-state index is 5.46. The van der Waals surface area contributed by atoms with Gasteiger partial charge < -0.3 is 14.6 Å². The Morgan fingerprint density at radius 3 is 3.13 bits per heavy atom. The van der Waals surface area contributed by atoms with Gasteiger partial charge in [0.1, 0.15) is 23.9 Å². The Morgan fingerprint density at radius 1 is 1.47 bits per heavy atom. The van der Waals surface area contributed by atoms with E-state index in [9.17, 15) is 0 Å². The lowest BCUT2D eigenvalue weighted by molar-refractivity contribution is 0.270. The minimum Gasteiger partial charge on any atom is -0.485 e. The number of nitrogens with zero attached hydrogens (tertiary/aromatic N) is 1. The fourth-order valence-corrected chi connectivity index (χ4v) is 1.13. The number of anilines is 1. The van der Waals surface area contributed by atoms with Crippen molar-refractivity contribution in [2.24, 2.45) is 5.84 Å². The van der Waals surface area contributed by atoms with Crippen molar-refractivity contribution in [1.29, 1.82) is 0 Å². The number of rotatable bonds is 4. The molecule has 0 saturated carbocycles. The van der Waals surface area contributed by atoms with Gasteiger partial charge in [-0.2, -0.15) is 0 Å². The van der Waals surface area contributed by atoms with Crippen LogP contribution in [0, 0.1) is 0 Å². The first kappa shape index (κ1) is 9.54. The summed E-state index contributed by atoms with van der Waals surface area (Å²) in [6, 6.07) is 7.13. The molecule has 78 valence electrons. The van der Waals surface area contributed by atoms with Gasteiger partial charge in [-0.25, -0.2) is 10.8 Å². The molecule has 3 N–H and O–H groups in total. The Morgan fingerprint density at radius 2 is 2.40 bits per heavy atom. The summed E-state index contributed by atoms with van der Waals surface area (Å²) in [5.41, 5.74) is 2.45.